The minimum absolute atomic E-state index is 0.0605. The van der Waals surface area contributed by atoms with Crippen LogP contribution in [0, 0.1) is 10.1 Å². The Bertz CT molecular complexity index is 1060. The fourth-order valence-electron chi connectivity index (χ4n) is 4.18. The zero-order valence-corrected chi connectivity index (χ0v) is 17.0. The van der Waals surface area contributed by atoms with Crippen LogP contribution in [0.25, 0.3) is 10.9 Å². The molecule has 29 heavy (non-hydrogen) atoms. The van der Waals surface area contributed by atoms with Gasteiger partial charge >= 0.3 is 5.69 Å². The van der Waals surface area contributed by atoms with Crippen molar-refractivity contribution >= 4 is 33.9 Å². The maximum absolute atomic E-state index is 11.6. The highest BCUT2D eigenvalue weighted by Gasteiger charge is 2.37. The second-order valence-corrected chi connectivity index (χ2v) is 8.84. The molecule has 3 N–H and O–H groups in total. The summed E-state index contributed by atoms with van der Waals surface area (Å²) in [7, 11) is 0. The number of piperazine rings is 1. The van der Waals surface area contributed by atoms with E-state index in [1.807, 2.05) is 18.2 Å². The van der Waals surface area contributed by atoms with Crippen molar-refractivity contribution in [2.45, 2.75) is 38.8 Å². The van der Waals surface area contributed by atoms with E-state index in [0.29, 0.717) is 11.5 Å². The van der Waals surface area contributed by atoms with Gasteiger partial charge in [-0.1, -0.05) is 0 Å². The van der Waals surface area contributed by atoms with Crippen LogP contribution >= 0.6 is 0 Å². The van der Waals surface area contributed by atoms with Gasteiger partial charge in [0.05, 0.1) is 16.6 Å². The number of anilines is 3. The lowest BCUT2D eigenvalue weighted by atomic mass is 9.91. The third kappa shape index (κ3) is 4.00. The van der Waals surface area contributed by atoms with Gasteiger partial charge in [0.2, 0.25) is 5.82 Å². The molecule has 0 aliphatic carbocycles. The molecular weight excluding hydrogens is 370 g/mol. The van der Waals surface area contributed by atoms with E-state index in [1.54, 1.807) is 12.3 Å². The maximum atomic E-state index is 11.6. The number of pyridine rings is 1. The average Bonchev–Trinajstić information content (AvgIpc) is 3.06. The fraction of sp³-hybridized carbons (Fsp3) is 0.400. The molecule has 0 atom stereocenters. The van der Waals surface area contributed by atoms with Gasteiger partial charge < -0.3 is 15.5 Å². The zero-order chi connectivity index (χ0) is 20.8. The van der Waals surface area contributed by atoms with Crippen LogP contribution in [-0.4, -0.2) is 44.3 Å². The van der Waals surface area contributed by atoms with Crippen molar-refractivity contribution < 1.29 is 4.92 Å². The largest absolute Gasteiger partial charge is 0.353 e. The van der Waals surface area contributed by atoms with Gasteiger partial charge in [-0.15, -0.1) is 0 Å². The summed E-state index contributed by atoms with van der Waals surface area (Å²) in [6.07, 6.45) is 1.71. The SMILES string of the molecule is CC1(C)CN(c2ccc([N+](=O)[O-])c(Nc3ccc4[nH]ncc4c3)n2)CC(C)(C)N1. The number of hydrogen-bond acceptors (Lipinski definition) is 7. The highest BCUT2D eigenvalue weighted by atomic mass is 16.6. The van der Waals surface area contributed by atoms with Crippen molar-refractivity contribution in [2.24, 2.45) is 0 Å². The normalized spacial score (nSPS) is 18.0. The number of nitro groups is 1. The molecule has 1 aromatic carbocycles. The molecule has 9 nitrogen and oxygen atoms in total. The molecule has 9 heteroatoms. The minimum Gasteiger partial charge on any atom is -0.353 e. The number of fused-ring (bicyclic) bond motifs is 1. The smallest absolute Gasteiger partial charge is 0.311 e. The summed E-state index contributed by atoms with van der Waals surface area (Å²) >= 11 is 0. The number of hydrogen-bond donors (Lipinski definition) is 3. The van der Waals surface area contributed by atoms with Crippen LogP contribution in [0.5, 0.6) is 0 Å². The van der Waals surface area contributed by atoms with Gasteiger partial charge in [0.1, 0.15) is 5.82 Å². The third-order valence-corrected chi connectivity index (χ3v) is 4.93. The van der Waals surface area contributed by atoms with E-state index < -0.39 is 4.92 Å². The van der Waals surface area contributed by atoms with Crippen LogP contribution in [0.1, 0.15) is 27.7 Å². The van der Waals surface area contributed by atoms with E-state index >= 15 is 0 Å². The zero-order valence-electron chi connectivity index (χ0n) is 17.0. The molecule has 0 amide bonds. The first-order valence-electron chi connectivity index (χ1n) is 9.52. The molecule has 2 aromatic heterocycles. The number of aromatic nitrogens is 3. The van der Waals surface area contributed by atoms with Crippen molar-refractivity contribution in [3.05, 3.63) is 46.6 Å². The molecule has 1 saturated heterocycles. The molecule has 1 aliphatic rings. The van der Waals surface area contributed by atoms with E-state index in [2.05, 4.69) is 58.4 Å². The lowest BCUT2D eigenvalue weighted by molar-refractivity contribution is -0.384. The standard InChI is InChI=1S/C20H25N7O2/c1-19(2)11-26(12-20(3,4)25-19)17-8-7-16(27(28)29)18(23-17)22-14-5-6-15-13(9-14)10-21-24-15/h5-10,25H,11-12H2,1-4H3,(H,21,24)(H,22,23). The first kappa shape index (κ1) is 19.1. The van der Waals surface area contributed by atoms with Gasteiger partial charge in [-0.25, -0.2) is 4.98 Å². The van der Waals surface area contributed by atoms with Crippen molar-refractivity contribution in [1.82, 2.24) is 20.5 Å². The van der Waals surface area contributed by atoms with Crippen LogP contribution in [0.3, 0.4) is 0 Å². The van der Waals surface area contributed by atoms with Crippen LogP contribution in [-0.2, 0) is 0 Å². The molecule has 152 valence electrons. The summed E-state index contributed by atoms with van der Waals surface area (Å²) < 4.78 is 0. The average molecular weight is 395 g/mol. The minimum atomic E-state index is -0.416. The first-order chi connectivity index (χ1) is 13.6. The lowest BCUT2D eigenvalue weighted by Gasteiger charge is -2.48. The second kappa shape index (κ2) is 6.70. The first-order valence-corrected chi connectivity index (χ1v) is 9.52. The van der Waals surface area contributed by atoms with E-state index in [-0.39, 0.29) is 22.6 Å². The summed E-state index contributed by atoms with van der Waals surface area (Å²) in [5.41, 5.74) is 1.34. The molecule has 1 aliphatic heterocycles. The molecule has 0 radical (unpaired) electrons. The molecule has 0 unspecified atom stereocenters. The maximum Gasteiger partial charge on any atom is 0.311 e. The van der Waals surface area contributed by atoms with E-state index in [0.717, 1.165) is 24.0 Å². The van der Waals surface area contributed by atoms with E-state index in [9.17, 15) is 10.1 Å². The summed E-state index contributed by atoms with van der Waals surface area (Å²) in [5.74, 6) is 0.939. The number of benzene rings is 1. The molecule has 3 heterocycles. The Kier molecular flexibility index (Phi) is 4.42. The molecular formula is C20H25N7O2. The van der Waals surface area contributed by atoms with Gasteiger partial charge in [0, 0.05) is 41.3 Å². The van der Waals surface area contributed by atoms with Crippen LogP contribution in [0.4, 0.5) is 23.0 Å². The lowest BCUT2D eigenvalue weighted by Crippen LogP contribution is -2.67. The Morgan fingerprint density at radius 3 is 2.55 bits per heavy atom. The summed E-state index contributed by atoms with van der Waals surface area (Å²) in [5, 5.41) is 26.1. The summed E-state index contributed by atoms with van der Waals surface area (Å²) in [6, 6.07) is 8.84. The number of H-pyrrole nitrogens is 1. The molecule has 1 fully saturated rings. The molecule has 3 aromatic rings. The van der Waals surface area contributed by atoms with Gasteiger partial charge in [-0.2, -0.15) is 5.10 Å². The van der Waals surface area contributed by atoms with Gasteiger partial charge in [-0.05, 0) is 52.0 Å². The fourth-order valence-corrected chi connectivity index (χ4v) is 4.18. The van der Waals surface area contributed by atoms with Crippen molar-refractivity contribution in [3.8, 4) is 0 Å². The van der Waals surface area contributed by atoms with Crippen molar-refractivity contribution in [3.63, 3.8) is 0 Å². The molecule has 0 spiro atoms. The number of nitrogens with one attached hydrogen (secondary N) is 3. The number of aromatic amines is 1. The Hall–Kier alpha value is -3.20. The predicted octanol–water partition coefficient (Wildman–Crippen LogP) is 3.58. The Labute approximate surface area is 168 Å². The van der Waals surface area contributed by atoms with Gasteiger partial charge in [0.25, 0.3) is 0 Å². The van der Waals surface area contributed by atoms with Crippen LogP contribution < -0.4 is 15.5 Å². The van der Waals surface area contributed by atoms with E-state index in [1.165, 1.54) is 6.07 Å². The van der Waals surface area contributed by atoms with Crippen LogP contribution in [0.2, 0.25) is 0 Å². The predicted molar refractivity (Wildman–Crippen MR) is 114 cm³/mol. The van der Waals surface area contributed by atoms with Crippen molar-refractivity contribution in [1.29, 1.82) is 0 Å². The topological polar surface area (TPSA) is 112 Å². The summed E-state index contributed by atoms with van der Waals surface area (Å²) in [4.78, 5) is 18.0. The quantitative estimate of drug-likeness (QED) is 0.457. The van der Waals surface area contributed by atoms with Gasteiger partial charge in [-0.3, -0.25) is 15.2 Å². The van der Waals surface area contributed by atoms with E-state index in [4.69, 9.17) is 0 Å². The Morgan fingerprint density at radius 1 is 1.14 bits per heavy atom. The number of nitrogens with zero attached hydrogens (tertiary/aromatic N) is 4. The molecule has 0 saturated carbocycles. The summed E-state index contributed by atoms with van der Waals surface area (Å²) in [6.45, 7) is 10.1. The van der Waals surface area contributed by atoms with Crippen LogP contribution in [0.15, 0.2) is 36.5 Å². The molecule has 4 rings (SSSR count). The highest BCUT2D eigenvalue weighted by molar-refractivity contribution is 5.83. The number of rotatable bonds is 4. The second-order valence-electron chi connectivity index (χ2n) is 8.84. The molecule has 0 bridgehead atoms. The Balaban J connectivity index is 1.69. The monoisotopic (exact) mass is 395 g/mol. The third-order valence-electron chi connectivity index (χ3n) is 4.93. The van der Waals surface area contributed by atoms with Crippen molar-refractivity contribution in [2.75, 3.05) is 23.3 Å². The highest BCUT2D eigenvalue weighted by Crippen LogP contribution is 2.32. The Morgan fingerprint density at radius 2 is 1.86 bits per heavy atom. The van der Waals surface area contributed by atoms with Gasteiger partial charge in [0.15, 0.2) is 0 Å².